The molecular weight excluding hydrogens is 558 g/mol. The van der Waals surface area contributed by atoms with E-state index in [0.717, 1.165) is 56.1 Å². The highest BCUT2D eigenvalue weighted by Gasteiger charge is 2.48. The second-order valence-electron chi connectivity index (χ2n) is 8.90. The third kappa shape index (κ3) is 9.76. The number of amides is 1. The lowest BCUT2D eigenvalue weighted by atomic mass is 9.78. The summed E-state index contributed by atoms with van der Waals surface area (Å²) in [5.41, 5.74) is 2.06. The van der Waals surface area contributed by atoms with Crippen molar-refractivity contribution in [3.05, 3.63) is 46.2 Å². The first kappa shape index (κ1) is 31.9. The number of hydrogen-bond donors (Lipinski definition) is 2. The Kier molecular flexibility index (Phi) is 10.8. The van der Waals surface area contributed by atoms with Crippen molar-refractivity contribution in [1.29, 1.82) is 0 Å². The van der Waals surface area contributed by atoms with Gasteiger partial charge in [-0.1, -0.05) is 6.07 Å². The van der Waals surface area contributed by atoms with Gasteiger partial charge < -0.3 is 15.1 Å². The van der Waals surface area contributed by atoms with E-state index in [1.165, 1.54) is 5.56 Å². The predicted molar refractivity (Wildman–Crippen MR) is 125 cm³/mol. The van der Waals surface area contributed by atoms with Crippen LogP contribution in [0.5, 0.6) is 0 Å². The molecule has 4 heterocycles. The van der Waals surface area contributed by atoms with Crippen LogP contribution in [0.3, 0.4) is 0 Å². The van der Waals surface area contributed by atoms with Crippen LogP contribution in [0.1, 0.15) is 35.5 Å². The number of carbonyl (C=O) groups excluding carboxylic acids is 1. The first-order valence-corrected chi connectivity index (χ1v) is 12.3. The lowest BCUT2D eigenvalue weighted by molar-refractivity contribution is -0.193. The Hall–Kier alpha value is -3.27. The van der Waals surface area contributed by atoms with E-state index < -0.39 is 24.3 Å². The summed E-state index contributed by atoms with van der Waals surface area (Å²) in [5.74, 6) is -5.19. The Balaban J connectivity index is 0.000000317. The van der Waals surface area contributed by atoms with Gasteiger partial charge in [0.1, 0.15) is 0 Å². The predicted octanol–water partition coefficient (Wildman–Crippen LogP) is 4.13. The van der Waals surface area contributed by atoms with E-state index in [2.05, 4.69) is 26.3 Å². The Morgan fingerprint density at radius 1 is 1.05 bits per heavy atom. The molecule has 1 spiro atoms. The number of hydrogen-bond acceptors (Lipinski definition) is 7. The van der Waals surface area contributed by atoms with Crippen molar-refractivity contribution in [2.75, 3.05) is 19.6 Å². The van der Waals surface area contributed by atoms with E-state index >= 15 is 0 Å². The van der Waals surface area contributed by atoms with Gasteiger partial charge in [0, 0.05) is 37.4 Å². The number of rotatable bonds is 4. The van der Waals surface area contributed by atoms with Gasteiger partial charge in [0.25, 0.3) is 0 Å². The van der Waals surface area contributed by atoms with Gasteiger partial charge in [0.2, 0.25) is 5.91 Å². The van der Waals surface area contributed by atoms with Crippen molar-refractivity contribution in [3.8, 4) is 0 Å². The van der Waals surface area contributed by atoms with Crippen LogP contribution in [0.25, 0.3) is 0 Å². The Morgan fingerprint density at radius 3 is 2.15 bits per heavy atom. The van der Waals surface area contributed by atoms with Crippen LogP contribution in [0.2, 0.25) is 0 Å². The molecule has 0 bridgehead atoms. The maximum absolute atomic E-state index is 13.2. The van der Waals surface area contributed by atoms with Crippen molar-refractivity contribution >= 4 is 29.2 Å². The summed E-state index contributed by atoms with van der Waals surface area (Å²) in [5, 5.41) is 17.4. The van der Waals surface area contributed by atoms with E-state index in [4.69, 9.17) is 19.8 Å². The number of piperidine rings is 1. The molecule has 2 aromatic rings. The minimum Gasteiger partial charge on any atom is -0.475 e. The highest BCUT2D eigenvalue weighted by atomic mass is 32.1. The van der Waals surface area contributed by atoms with Crippen LogP contribution in [0, 0.1) is 12.3 Å². The molecule has 39 heavy (non-hydrogen) atoms. The highest BCUT2D eigenvalue weighted by molar-refractivity contribution is 7.09. The molecule has 9 nitrogen and oxygen atoms in total. The third-order valence-electron chi connectivity index (χ3n) is 5.89. The van der Waals surface area contributed by atoms with Crippen molar-refractivity contribution in [2.24, 2.45) is 5.41 Å². The molecule has 0 saturated carbocycles. The fourth-order valence-electron chi connectivity index (χ4n) is 4.21. The third-order valence-corrected chi connectivity index (χ3v) is 6.71. The first-order chi connectivity index (χ1) is 18.0. The smallest absolute Gasteiger partial charge is 0.475 e. The topological polar surface area (TPSA) is 124 Å². The van der Waals surface area contributed by atoms with Gasteiger partial charge in [0.15, 0.2) is 0 Å². The van der Waals surface area contributed by atoms with E-state index in [1.807, 2.05) is 24.1 Å². The number of pyridine rings is 1. The van der Waals surface area contributed by atoms with Crippen LogP contribution >= 0.6 is 11.3 Å². The largest absolute Gasteiger partial charge is 0.490 e. The van der Waals surface area contributed by atoms with E-state index in [9.17, 15) is 31.1 Å². The van der Waals surface area contributed by atoms with E-state index in [1.54, 1.807) is 17.5 Å². The molecule has 2 aromatic heterocycles. The normalized spacial score (nSPS) is 19.7. The fraction of sp³-hybridized carbons (Fsp3) is 0.522. The maximum Gasteiger partial charge on any atom is 0.490 e. The molecule has 1 atom stereocenters. The molecule has 2 fully saturated rings. The van der Waals surface area contributed by atoms with E-state index in [-0.39, 0.29) is 5.41 Å². The molecule has 2 aliphatic heterocycles. The molecule has 1 amide bonds. The number of halogens is 6. The zero-order valence-electron chi connectivity index (χ0n) is 20.6. The van der Waals surface area contributed by atoms with Crippen molar-refractivity contribution < 1.29 is 50.9 Å². The van der Waals surface area contributed by atoms with Crippen molar-refractivity contribution in [2.45, 2.75) is 51.6 Å². The summed E-state index contributed by atoms with van der Waals surface area (Å²) in [6.45, 7) is 6.35. The van der Waals surface area contributed by atoms with Gasteiger partial charge in [-0.2, -0.15) is 26.3 Å². The Morgan fingerprint density at radius 2 is 1.67 bits per heavy atom. The average molecular weight is 585 g/mol. The molecule has 2 saturated heterocycles. The molecule has 1 unspecified atom stereocenters. The van der Waals surface area contributed by atoms with Gasteiger partial charge >= 0.3 is 24.3 Å². The van der Waals surface area contributed by atoms with Gasteiger partial charge in [-0.05, 0) is 44.4 Å². The minimum atomic E-state index is -5.08. The average Bonchev–Trinajstić information content (AvgIpc) is 3.38. The number of nitrogens with zero attached hydrogens (tertiary/aromatic N) is 4. The molecule has 16 heteroatoms. The SMILES string of the molecule is Cc1nc(CN2CCC3(CCCN(Cc4cccnc4)C3)C2=O)cs1.O=C(O)C(F)(F)F.O=C(O)C(F)(F)F. The van der Waals surface area contributed by atoms with Crippen molar-refractivity contribution in [1.82, 2.24) is 19.8 Å². The molecule has 0 aromatic carbocycles. The van der Waals surface area contributed by atoms with Gasteiger partial charge in [-0.15, -0.1) is 11.3 Å². The molecule has 0 radical (unpaired) electrons. The second kappa shape index (κ2) is 13.2. The summed E-state index contributed by atoms with van der Waals surface area (Å²) in [7, 11) is 0. The molecule has 2 aliphatic rings. The summed E-state index contributed by atoms with van der Waals surface area (Å²) in [6.07, 6.45) is -3.36. The molecule has 216 valence electrons. The van der Waals surface area contributed by atoms with Crippen molar-refractivity contribution in [3.63, 3.8) is 0 Å². The first-order valence-electron chi connectivity index (χ1n) is 11.5. The number of alkyl halides is 6. The quantitative estimate of drug-likeness (QED) is 0.515. The zero-order valence-corrected chi connectivity index (χ0v) is 21.4. The maximum atomic E-state index is 13.2. The summed E-state index contributed by atoms with van der Waals surface area (Å²) >= 11 is 1.65. The number of likely N-dealkylation sites (tertiary alicyclic amines) is 2. The fourth-order valence-corrected chi connectivity index (χ4v) is 4.81. The minimum absolute atomic E-state index is 0.189. The summed E-state index contributed by atoms with van der Waals surface area (Å²) in [4.78, 5) is 44.1. The molecule has 2 N–H and O–H groups in total. The second-order valence-corrected chi connectivity index (χ2v) is 9.96. The number of carboxylic acids is 2. The lowest BCUT2D eigenvalue weighted by Crippen LogP contribution is -2.47. The molecular formula is C23H26F6N4O5S. The number of carbonyl (C=O) groups is 3. The van der Waals surface area contributed by atoms with Crippen LogP contribution in [-0.4, -0.2) is 79.8 Å². The number of carboxylic acid groups (broad SMARTS) is 2. The van der Waals surface area contributed by atoms with Gasteiger partial charge in [-0.3, -0.25) is 14.7 Å². The highest BCUT2D eigenvalue weighted by Crippen LogP contribution is 2.41. The Bertz CT molecular complexity index is 1100. The van der Waals surface area contributed by atoms with Crippen LogP contribution in [-0.2, 0) is 27.5 Å². The number of aryl methyl sites for hydroxylation is 1. The summed E-state index contributed by atoms with van der Waals surface area (Å²) in [6, 6.07) is 4.09. The van der Waals surface area contributed by atoms with Crippen LogP contribution in [0.15, 0.2) is 29.9 Å². The monoisotopic (exact) mass is 584 g/mol. The number of aromatic nitrogens is 2. The zero-order chi connectivity index (χ0) is 29.4. The standard InChI is InChI=1S/C19H24N4OS.2C2HF3O2/c1-15-21-17(13-25-15)12-23-9-6-19(18(23)24)5-3-8-22(14-19)11-16-4-2-7-20-10-16;2*3-2(4,5)1(6)7/h2,4,7,10,13H,3,5-6,8-9,11-12,14H2,1H3;2*(H,6,7). The molecule has 0 aliphatic carbocycles. The number of thiazole rings is 1. The van der Waals surface area contributed by atoms with E-state index in [0.29, 0.717) is 12.5 Å². The van der Waals surface area contributed by atoms with Gasteiger partial charge in [0.05, 0.1) is 22.7 Å². The number of aliphatic carboxylic acids is 2. The van der Waals surface area contributed by atoms with Crippen LogP contribution in [0.4, 0.5) is 26.3 Å². The lowest BCUT2D eigenvalue weighted by Gasteiger charge is -2.39. The summed E-state index contributed by atoms with van der Waals surface area (Å²) < 4.78 is 63.5. The Labute approximate surface area is 223 Å². The molecule has 4 rings (SSSR count). The van der Waals surface area contributed by atoms with Crippen LogP contribution < -0.4 is 0 Å². The van der Waals surface area contributed by atoms with Gasteiger partial charge in [-0.25, -0.2) is 14.6 Å².